The van der Waals surface area contributed by atoms with Crippen LogP contribution < -0.4 is 40.0 Å². The molecule has 0 fully saturated rings. The van der Waals surface area contributed by atoms with Crippen LogP contribution in [-0.2, 0) is 9.59 Å². The first-order valence-corrected chi connectivity index (χ1v) is 3.15. The van der Waals surface area contributed by atoms with Gasteiger partial charge in [0.2, 0.25) is 5.91 Å². The maximum absolute atomic E-state index is 10.5. The molecular weight excluding hydrogens is 177 g/mol. The number of hydrogen-bond acceptors (Lipinski definition) is 4. The van der Waals surface area contributed by atoms with Crippen molar-refractivity contribution in [2.75, 3.05) is 5.75 Å². The average molecular weight is 186 g/mol. The Labute approximate surface area is 93.8 Å². The fourth-order valence-corrected chi connectivity index (χ4v) is 0.614. The maximum atomic E-state index is 10.5. The number of rotatable bonds is 3. The van der Waals surface area contributed by atoms with E-state index in [-0.39, 0.29) is 35.3 Å². The smallest absolute Gasteiger partial charge is 0.548 e. The van der Waals surface area contributed by atoms with Gasteiger partial charge in [-0.05, 0) is 0 Å². The largest absolute Gasteiger partial charge is 1.00 e. The Hall–Kier alpha value is 0.290. The Morgan fingerprint density at radius 1 is 1.82 bits per heavy atom. The van der Waals surface area contributed by atoms with E-state index in [1.807, 2.05) is 0 Å². The normalized spacial score (nSPS) is 12.3. The van der Waals surface area contributed by atoms with E-state index in [0.717, 1.165) is 0 Å². The van der Waals surface area contributed by atoms with Crippen LogP contribution in [0.1, 0.15) is 8.27 Å². The minimum Gasteiger partial charge on any atom is -0.548 e. The van der Waals surface area contributed by atoms with Crippen LogP contribution in [0.4, 0.5) is 0 Å². The predicted molar refractivity (Wildman–Crippen MR) is 36.5 cm³/mol. The molecule has 0 aromatic carbocycles. The molecule has 4 nitrogen and oxygen atoms in total. The van der Waals surface area contributed by atoms with Gasteiger partial charge in [0.15, 0.2) is 0 Å². The van der Waals surface area contributed by atoms with Crippen molar-refractivity contribution in [1.82, 2.24) is 5.32 Å². The van der Waals surface area contributed by atoms with Crippen molar-refractivity contribution in [3.05, 3.63) is 0 Å². The van der Waals surface area contributed by atoms with Crippen molar-refractivity contribution < 1.29 is 45.6 Å². The molecule has 58 valence electrons. The third-order valence-corrected chi connectivity index (χ3v) is 1.17. The number of amides is 1. The second-order valence-corrected chi connectivity index (χ2v) is 1.99. The van der Waals surface area contributed by atoms with Gasteiger partial charge in [0.1, 0.15) is 0 Å². The summed E-state index contributed by atoms with van der Waals surface area (Å²) in [5.41, 5.74) is 0. The van der Waals surface area contributed by atoms with Gasteiger partial charge in [0, 0.05) is 14.0 Å². The number of aliphatic carboxylic acids is 1. The van der Waals surface area contributed by atoms with Gasteiger partial charge in [-0.1, -0.05) is 0 Å². The second-order valence-electron chi connectivity index (χ2n) is 1.62. The Kier molecular flexibility index (Phi) is 7.15. The summed E-state index contributed by atoms with van der Waals surface area (Å²) in [5, 5.41) is 12.2. The van der Waals surface area contributed by atoms with Crippen molar-refractivity contribution in [3.8, 4) is 0 Å². The second kappa shape index (κ2) is 6.97. The number of thiol groups is 1. The molecule has 6 heteroatoms. The molecule has 11 heavy (non-hydrogen) atoms. The van der Waals surface area contributed by atoms with Gasteiger partial charge in [-0.25, -0.2) is 0 Å². The van der Waals surface area contributed by atoms with E-state index in [9.17, 15) is 14.7 Å². The summed E-state index contributed by atoms with van der Waals surface area (Å²) in [4.78, 5) is 20.6. The zero-order valence-corrected chi connectivity index (χ0v) is 9.06. The van der Waals surface area contributed by atoms with E-state index in [4.69, 9.17) is 1.37 Å². The van der Waals surface area contributed by atoms with Crippen LogP contribution in [0.5, 0.6) is 0 Å². The summed E-state index contributed by atoms with van der Waals surface area (Å²) in [6.07, 6.45) is 0. The first kappa shape index (κ1) is 11.3. The predicted octanol–water partition coefficient (Wildman–Crippen LogP) is -4.83. The van der Waals surface area contributed by atoms with Crippen molar-refractivity contribution in [2.24, 2.45) is 0 Å². The summed E-state index contributed by atoms with van der Waals surface area (Å²) < 4.78 is 6.57. The fraction of sp³-hybridized carbons (Fsp3) is 0.600. The van der Waals surface area contributed by atoms with Crippen LogP contribution in [0.3, 0.4) is 0 Å². The standard InChI is InChI=1S/C5H9NO3S.Na/c1-3(7)6-4(2-10)5(8)9;/h4,10H,2H2,1H3,(H,6,7)(H,8,9);/q;+1/p-1/t4-;/m0./s1/i1D;. The summed E-state index contributed by atoms with van der Waals surface area (Å²) in [7, 11) is 0. The van der Waals surface area contributed by atoms with Gasteiger partial charge in [-0.15, -0.1) is 0 Å². The Morgan fingerprint density at radius 2 is 2.36 bits per heavy atom. The molecule has 0 unspecified atom stereocenters. The molecule has 0 bridgehead atoms. The fourth-order valence-electron chi connectivity index (χ4n) is 0.373. The summed E-state index contributed by atoms with van der Waals surface area (Å²) in [6.45, 7) is -0.489. The van der Waals surface area contributed by atoms with Crippen molar-refractivity contribution in [3.63, 3.8) is 0 Å². The first-order chi connectivity index (χ1) is 5.11. The Morgan fingerprint density at radius 3 is 2.64 bits per heavy atom. The van der Waals surface area contributed by atoms with E-state index in [1.54, 1.807) is 0 Å². The molecule has 1 amide bonds. The number of carbonyl (C=O) groups is 2. The number of carboxylic acids is 1. The topological polar surface area (TPSA) is 69.2 Å². The molecule has 0 aromatic heterocycles. The molecule has 0 spiro atoms. The van der Waals surface area contributed by atoms with Gasteiger partial charge >= 0.3 is 29.6 Å². The van der Waals surface area contributed by atoms with Crippen LogP contribution in [0.15, 0.2) is 0 Å². The van der Waals surface area contributed by atoms with Gasteiger partial charge in [-0.2, -0.15) is 12.6 Å². The van der Waals surface area contributed by atoms with Crippen molar-refractivity contribution >= 4 is 24.5 Å². The molecule has 0 radical (unpaired) electrons. The zero-order valence-electron chi connectivity index (χ0n) is 7.16. The number of nitrogens with one attached hydrogen (secondary N) is 1. The quantitative estimate of drug-likeness (QED) is 0.343. The molecule has 0 aliphatic heterocycles. The van der Waals surface area contributed by atoms with E-state index in [0.29, 0.717) is 0 Å². The van der Waals surface area contributed by atoms with Gasteiger partial charge in [0.25, 0.3) is 0 Å². The monoisotopic (exact) mass is 186 g/mol. The number of carbonyl (C=O) groups excluding carboxylic acids is 2. The number of hydrogen-bond donors (Lipinski definition) is 2. The Bertz CT molecular complexity index is 169. The van der Waals surface area contributed by atoms with Gasteiger partial charge in [-0.3, -0.25) is 4.79 Å². The Balaban J connectivity index is 0. The molecule has 1 N–H and O–H groups in total. The molecule has 1 atom stereocenters. The minimum absolute atomic E-state index is 0. The van der Waals surface area contributed by atoms with E-state index in [1.165, 1.54) is 0 Å². The summed E-state index contributed by atoms with van der Waals surface area (Å²) in [5.74, 6) is -2.07. The van der Waals surface area contributed by atoms with Crippen molar-refractivity contribution in [1.29, 1.82) is 0 Å². The molecule has 0 aliphatic carbocycles. The SMILES string of the molecule is [2H]CC(=O)N[C@@H](CS)C(=O)[O-].[Na+]. The summed E-state index contributed by atoms with van der Waals surface area (Å²) in [6, 6.07) is -1.10. The molecule has 0 aliphatic rings. The molecule has 0 rings (SSSR count). The van der Waals surface area contributed by atoms with Crippen LogP contribution in [0.25, 0.3) is 0 Å². The molecule has 0 heterocycles. The zero-order chi connectivity index (χ0) is 8.85. The molecule has 0 saturated heterocycles. The van der Waals surface area contributed by atoms with Crippen LogP contribution in [0, 0.1) is 0 Å². The van der Waals surface area contributed by atoms with Crippen LogP contribution >= 0.6 is 12.6 Å². The van der Waals surface area contributed by atoms with E-state index in [2.05, 4.69) is 17.9 Å². The van der Waals surface area contributed by atoms with Gasteiger partial charge < -0.3 is 15.2 Å². The van der Waals surface area contributed by atoms with E-state index >= 15 is 0 Å². The summed E-state index contributed by atoms with van der Waals surface area (Å²) >= 11 is 3.67. The molecule has 0 saturated carbocycles. The molecular formula is C5H8NNaO3S. The van der Waals surface area contributed by atoms with Gasteiger partial charge in [0.05, 0.1) is 12.0 Å². The average Bonchev–Trinajstić information content (AvgIpc) is 1.99. The third-order valence-electron chi connectivity index (χ3n) is 0.802. The number of carboxylic acid groups (broad SMARTS) is 1. The maximum Gasteiger partial charge on any atom is 1.00 e. The molecule has 0 aromatic rings. The minimum atomic E-state index is -1.39. The van der Waals surface area contributed by atoms with Crippen molar-refractivity contribution in [2.45, 2.75) is 12.9 Å². The van der Waals surface area contributed by atoms with E-state index < -0.39 is 24.8 Å². The van der Waals surface area contributed by atoms with Crippen LogP contribution in [-0.4, -0.2) is 23.7 Å². The van der Waals surface area contributed by atoms with Crippen LogP contribution in [0.2, 0.25) is 0 Å². The third kappa shape index (κ3) is 6.68. The first-order valence-electron chi connectivity index (χ1n) is 3.22.